The van der Waals surface area contributed by atoms with Crippen LogP contribution in [0.25, 0.3) is 21.8 Å². The average molecular weight is 532 g/mol. The number of nitrogens with one attached hydrogen (secondary N) is 1. The maximum absolute atomic E-state index is 13.9. The lowest BCUT2D eigenvalue weighted by Crippen LogP contribution is -2.53. The number of aromatic nitrogens is 5. The second kappa shape index (κ2) is 10.2. The van der Waals surface area contributed by atoms with Gasteiger partial charge in [0.05, 0.1) is 34.9 Å². The van der Waals surface area contributed by atoms with Gasteiger partial charge in [-0.25, -0.2) is 0 Å². The van der Waals surface area contributed by atoms with Crippen molar-refractivity contribution in [2.75, 3.05) is 32.8 Å². The van der Waals surface area contributed by atoms with Crippen LogP contribution < -0.4 is 5.56 Å². The molecule has 6 rings (SSSR count). The van der Waals surface area contributed by atoms with Gasteiger partial charge in [-0.1, -0.05) is 0 Å². The van der Waals surface area contributed by atoms with Gasteiger partial charge >= 0.3 is 0 Å². The monoisotopic (exact) mass is 531 g/mol. The molecule has 5 heterocycles. The Kier molecular flexibility index (Phi) is 6.76. The molecule has 1 N–H and O–H groups in total. The number of nitrogens with zero attached hydrogens (tertiary/aromatic N) is 6. The van der Waals surface area contributed by atoms with Gasteiger partial charge in [0, 0.05) is 74.2 Å². The third kappa shape index (κ3) is 4.55. The van der Waals surface area contributed by atoms with Crippen LogP contribution in [0.2, 0.25) is 0 Å². The van der Waals surface area contributed by atoms with Crippen molar-refractivity contribution < 1.29 is 9.53 Å². The first-order chi connectivity index (χ1) is 18.9. The van der Waals surface area contributed by atoms with Crippen LogP contribution in [0, 0.1) is 13.8 Å². The number of rotatable bonds is 5. The van der Waals surface area contributed by atoms with Crippen molar-refractivity contribution in [2.24, 2.45) is 0 Å². The van der Waals surface area contributed by atoms with Gasteiger partial charge in [0.15, 0.2) is 0 Å². The largest absolute Gasteiger partial charge is 0.381 e. The SMILES string of the molecule is CCn1ncc(CN2CCN(C(=O)c3cc4c(cc3C)[nH]c(=O)c3cnn(C5CCOCC5)c34)C[C@@H]2C)c1C. The van der Waals surface area contributed by atoms with Crippen molar-refractivity contribution >= 4 is 27.7 Å². The van der Waals surface area contributed by atoms with Gasteiger partial charge in [0.2, 0.25) is 0 Å². The van der Waals surface area contributed by atoms with Crippen molar-refractivity contribution in [2.45, 2.75) is 65.7 Å². The van der Waals surface area contributed by atoms with Gasteiger partial charge in [-0.05, 0) is 58.2 Å². The molecule has 3 aromatic heterocycles. The number of benzene rings is 1. The summed E-state index contributed by atoms with van der Waals surface area (Å²) < 4.78 is 9.55. The van der Waals surface area contributed by atoms with Crippen molar-refractivity contribution in [3.05, 3.63) is 57.3 Å². The van der Waals surface area contributed by atoms with E-state index in [1.807, 2.05) is 39.5 Å². The number of fused-ring (bicyclic) bond motifs is 3. The van der Waals surface area contributed by atoms with Crippen molar-refractivity contribution in [3.8, 4) is 0 Å². The smallest absolute Gasteiger partial charge is 0.259 e. The first kappa shape index (κ1) is 25.8. The number of carbonyl (C=O) groups is 1. The van der Waals surface area contributed by atoms with Crippen LogP contribution in [0.1, 0.15) is 59.9 Å². The lowest BCUT2D eigenvalue weighted by Gasteiger charge is -2.40. The molecular formula is C29H37N7O3. The van der Waals surface area contributed by atoms with E-state index >= 15 is 0 Å². The number of hydrogen-bond acceptors (Lipinski definition) is 6. The third-order valence-electron chi connectivity index (χ3n) is 8.61. The van der Waals surface area contributed by atoms with Gasteiger partial charge in [-0.15, -0.1) is 0 Å². The first-order valence-electron chi connectivity index (χ1n) is 14.0. The predicted octanol–water partition coefficient (Wildman–Crippen LogP) is 3.41. The Labute approximate surface area is 227 Å². The number of amides is 1. The molecule has 0 bridgehead atoms. The Morgan fingerprint density at radius 3 is 2.62 bits per heavy atom. The summed E-state index contributed by atoms with van der Waals surface area (Å²) in [5, 5.41) is 10.5. The number of hydrogen-bond donors (Lipinski definition) is 1. The number of aromatic amines is 1. The zero-order valence-corrected chi connectivity index (χ0v) is 23.2. The molecule has 1 aromatic carbocycles. The molecule has 10 nitrogen and oxygen atoms in total. The zero-order valence-electron chi connectivity index (χ0n) is 23.2. The summed E-state index contributed by atoms with van der Waals surface area (Å²) in [6.07, 6.45) is 5.32. The molecule has 0 radical (unpaired) electrons. The van der Waals surface area contributed by atoms with Crippen molar-refractivity contribution in [3.63, 3.8) is 0 Å². The Hall–Kier alpha value is -3.50. The summed E-state index contributed by atoms with van der Waals surface area (Å²) in [5.41, 5.74) is 5.37. The maximum atomic E-state index is 13.9. The summed E-state index contributed by atoms with van der Waals surface area (Å²) >= 11 is 0. The Bertz CT molecular complexity index is 1590. The minimum Gasteiger partial charge on any atom is -0.381 e. The molecule has 2 fully saturated rings. The highest BCUT2D eigenvalue weighted by molar-refractivity contribution is 6.07. The fourth-order valence-corrected chi connectivity index (χ4v) is 6.19. The molecule has 2 aliphatic heterocycles. The topological polar surface area (TPSA) is 101 Å². The van der Waals surface area contributed by atoms with Gasteiger partial charge in [0.25, 0.3) is 11.5 Å². The van der Waals surface area contributed by atoms with E-state index < -0.39 is 0 Å². The standard InChI is InChI=1S/C29H37N7O3/c1-5-35-20(4)21(14-30-35)17-33-8-9-34(16-19(33)3)29(38)23-13-24-26(12-18(23)2)32-28(37)25-15-31-36(27(24)25)22-6-10-39-11-7-22/h12-15,19,22H,5-11,16-17H2,1-4H3,(H,32,37)/t19-/m0/s1. The average Bonchev–Trinajstić information content (AvgIpc) is 3.54. The molecule has 1 atom stereocenters. The van der Waals surface area contributed by atoms with E-state index in [2.05, 4.69) is 40.9 Å². The normalized spacial score (nSPS) is 19.4. The third-order valence-corrected chi connectivity index (χ3v) is 8.61. The number of piperazine rings is 1. The van der Waals surface area contributed by atoms with Crippen molar-refractivity contribution in [1.82, 2.24) is 34.3 Å². The summed E-state index contributed by atoms with van der Waals surface area (Å²) in [4.78, 5) is 34.2. The summed E-state index contributed by atoms with van der Waals surface area (Å²) in [7, 11) is 0. The lowest BCUT2D eigenvalue weighted by atomic mass is 10.0. The quantitative estimate of drug-likeness (QED) is 0.424. The molecule has 206 valence electrons. The van der Waals surface area contributed by atoms with E-state index in [0.717, 1.165) is 54.5 Å². The highest BCUT2D eigenvalue weighted by atomic mass is 16.5. The molecule has 10 heteroatoms. The van der Waals surface area contributed by atoms with Gasteiger partial charge in [-0.3, -0.25) is 23.9 Å². The molecule has 39 heavy (non-hydrogen) atoms. The fourth-order valence-electron chi connectivity index (χ4n) is 6.19. The number of pyridine rings is 1. The van der Waals surface area contributed by atoms with Crippen LogP contribution in [-0.4, -0.2) is 79.1 Å². The Balaban J connectivity index is 1.29. The number of ether oxygens (including phenoxy) is 1. The molecule has 2 aliphatic rings. The molecule has 4 aromatic rings. The summed E-state index contributed by atoms with van der Waals surface area (Å²) in [6.45, 7) is 13.6. The van der Waals surface area contributed by atoms with E-state index in [1.165, 1.54) is 11.3 Å². The molecule has 0 saturated carbocycles. The number of carbonyl (C=O) groups excluding carboxylic acids is 1. The fraction of sp³-hybridized carbons (Fsp3) is 0.517. The van der Waals surface area contributed by atoms with Gasteiger partial charge < -0.3 is 14.6 Å². The molecule has 0 spiro atoms. The number of aryl methyl sites for hydroxylation is 2. The molecular weight excluding hydrogens is 494 g/mol. The van der Waals surface area contributed by atoms with E-state index in [-0.39, 0.29) is 23.6 Å². The van der Waals surface area contributed by atoms with Crippen LogP contribution >= 0.6 is 0 Å². The van der Waals surface area contributed by atoms with E-state index in [9.17, 15) is 9.59 Å². The maximum Gasteiger partial charge on any atom is 0.259 e. The second-order valence-corrected chi connectivity index (χ2v) is 11.0. The predicted molar refractivity (Wildman–Crippen MR) is 150 cm³/mol. The van der Waals surface area contributed by atoms with E-state index in [0.29, 0.717) is 37.3 Å². The van der Waals surface area contributed by atoms with Crippen molar-refractivity contribution in [1.29, 1.82) is 0 Å². The molecule has 0 unspecified atom stereocenters. The second-order valence-electron chi connectivity index (χ2n) is 11.0. The van der Waals surface area contributed by atoms with Gasteiger partial charge in [-0.2, -0.15) is 10.2 Å². The highest BCUT2D eigenvalue weighted by Crippen LogP contribution is 2.30. The van der Waals surface area contributed by atoms with Crippen LogP contribution in [0.3, 0.4) is 0 Å². The minimum atomic E-state index is -0.154. The van der Waals surface area contributed by atoms with Crippen LogP contribution in [0.4, 0.5) is 0 Å². The van der Waals surface area contributed by atoms with Crippen LogP contribution in [0.5, 0.6) is 0 Å². The summed E-state index contributed by atoms with van der Waals surface area (Å²) in [5.74, 6) is 0.0346. The zero-order chi connectivity index (χ0) is 27.3. The van der Waals surface area contributed by atoms with Gasteiger partial charge in [0.1, 0.15) is 0 Å². The Morgan fingerprint density at radius 2 is 1.90 bits per heavy atom. The first-order valence-corrected chi connectivity index (χ1v) is 14.0. The number of H-pyrrole nitrogens is 1. The lowest BCUT2D eigenvalue weighted by molar-refractivity contribution is 0.0494. The Morgan fingerprint density at radius 1 is 1.10 bits per heavy atom. The van der Waals surface area contributed by atoms with Crippen LogP contribution in [0.15, 0.2) is 29.3 Å². The van der Waals surface area contributed by atoms with E-state index in [1.54, 1.807) is 6.20 Å². The van der Waals surface area contributed by atoms with Crippen LogP contribution in [-0.2, 0) is 17.8 Å². The van der Waals surface area contributed by atoms with E-state index in [4.69, 9.17) is 4.74 Å². The molecule has 1 amide bonds. The molecule has 0 aliphatic carbocycles. The minimum absolute atomic E-state index is 0.0346. The highest BCUT2D eigenvalue weighted by Gasteiger charge is 2.29. The molecule has 2 saturated heterocycles. The summed E-state index contributed by atoms with van der Waals surface area (Å²) in [6, 6.07) is 4.29.